The standard InChI is InChI=1S/C21H31N5O2S/c1-13-17-11-18(29-21(17)26(25-13)16-5-3-2-4-6-16)20(28)24-15-9-7-14(8-10-15)23-19(27)12-22/h11,14-16H,2-10,12,22H2,1H3,(H,23,27)(H,24,28). The normalized spacial score (nSPS) is 23.2. The largest absolute Gasteiger partial charge is 0.352 e. The molecule has 29 heavy (non-hydrogen) atoms. The Hall–Kier alpha value is -1.93. The topological polar surface area (TPSA) is 102 Å². The summed E-state index contributed by atoms with van der Waals surface area (Å²) < 4.78 is 2.18. The molecule has 2 aliphatic carbocycles. The number of hydrogen-bond donors (Lipinski definition) is 3. The lowest BCUT2D eigenvalue weighted by atomic mass is 9.91. The van der Waals surface area contributed by atoms with Crippen molar-refractivity contribution in [2.45, 2.75) is 82.8 Å². The molecule has 0 aliphatic heterocycles. The molecule has 0 bridgehead atoms. The lowest BCUT2D eigenvalue weighted by molar-refractivity contribution is -0.120. The van der Waals surface area contributed by atoms with E-state index < -0.39 is 0 Å². The van der Waals surface area contributed by atoms with Crippen molar-refractivity contribution in [3.63, 3.8) is 0 Å². The van der Waals surface area contributed by atoms with E-state index in [2.05, 4.69) is 15.3 Å². The zero-order valence-electron chi connectivity index (χ0n) is 17.1. The van der Waals surface area contributed by atoms with Gasteiger partial charge in [-0.2, -0.15) is 5.10 Å². The van der Waals surface area contributed by atoms with Crippen LogP contribution in [0.1, 0.15) is 79.2 Å². The minimum absolute atomic E-state index is 0.00948. The highest BCUT2D eigenvalue weighted by atomic mass is 32.1. The monoisotopic (exact) mass is 417 g/mol. The molecule has 0 radical (unpaired) electrons. The number of fused-ring (bicyclic) bond motifs is 1. The summed E-state index contributed by atoms with van der Waals surface area (Å²) in [5.41, 5.74) is 6.38. The minimum atomic E-state index is -0.106. The van der Waals surface area contributed by atoms with Crippen molar-refractivity contribution in [2.24, 2.45) is 5.73 Å². The molecule has 7 nitrogen and oxygen atoms in total. The van der Waals surface area contributed by atoms with E-state index >= 15 is 0 Å². The molecule has 4 rings (SSSR count). The van der Waals surface area contributed by atoms with Gasteiger partial charge >= 0.3 is 0 Å². The van der Waals surface area contributed by atoms with Crippen molar-refractivity contribution in [1.82, 2.24) is 20.4 Å². The fourth-order valence-corrected chi connectivity index (χ4v) is 5.82. The Labute approximate surface area is 175 Å². The van der Waals surface area contributed by atoms with Gasteiger partial charge in [0.15, 0.2) is 0 Å². The summed E-state index contributed by atoms with van der Waals surface area (Å²) in [6.07, 6.45) is 9.70. The number of nitrogens with zero attached hydrogens (tertiary/aromatic N) is 2. The van der Waals surface area contributed by atoms with Gasteiger partial charge in [0.2, 0.25) is 5.91 Å². The van der Waals surface area contributed by atoms with Crippen LogP contribution in [-0.2, 0) is 4.79 Å². The zero-order valence-corrected chi connectivity index (χ0v) is 17.9. The highest BCUT2D eigenvalue weighted by Gasteiger charge is 2.26. The van der Waals surface area contributed by atoms with Crippen molar-refractivity contribution in [2.75, 3.05) is 6.54 Å². The van der Waals surface area contributed by atoms with Gasteiger partial charge in [-0.15, -0.1) is 11.3 Å². The lowest BCUT2D eigenvalue weighted by Gasteiger charge is -2.29. The molecule has 0 unspecified atom stereocenters. The van der Waals surface area contributed by atoms with Gasteiger partial charge in [-0.25, -0.2) is 0 Å². The van der Waals surface area contributed by atoms with E-state index in [1.807, 2.05) is 13.0 Å². The fraction of sp³-hybridized carbons (Fsp3) is 0.667. The number of aryl methyl sites for hydroxylation is 1. The van der Waals surface area contributed by atoms with Crippen LogP contribution >= 0.6 is 11.3 Å². The van der Waals surface area contributed by atoms with Crippen molar-refractivity contribution in [3.8, 4) is 0 Å². The molecule has 2 fully saturated rings. The van der Waals surface area contributed by atoms with Gasteiger partial charge in [0, 0.05) is 17.5 Å². The first kappa shape index (κ1) is 20.3. The third kappa shape index (κ3) is 4.48. The number of amides is 2. The molecule has 0 spiro atoms. The van der Waals surface area contributed by atoms with Gasteiger partial charge < -0.3 is 16.4 Å². The molecular weight excluding hydrogens is 386 g/mol. The molecule has 158 valence electrons. The van der Waals surface area contributed by atoms with Crippen LogP contribution in [0, 0.1) is 6.92 Å². The summed E-state index contributed by atoms with van der Waals surface area (Å²) in [5, 5.41) is 12.0. The molecule has 0 aromatic carbocycles. The molecule has 2 heterocycles. The van der Waals surface area contributed by atoms with Gasteiger partial charge in [0.05, 0.1) is 23.2 Å². The maximum absolute atomic E-state index is 12.9. The molecule has 8 heteroatoms. The van der Waals surface area contributed by atoms with Crippen LogP contribution in [0.25, 0.3) is 10.2 Å². The van der Waals surface area contributed by atoms with E-state index in [-0.39, 0.29) is 30.4 Å². The van der Waals surface area contributed by atoms with Crippen molar-refractivity contribution >= 4 is 33.4 Å². The number of nitrogens with one attached hydrogen (secondary N) is 2. The van der Waals surface area contributed by atoms with E-state index in [4.69, 9.17) is 10.8 Å². The molecule has 2 amide bonds. The Bertz CT molecular complexity index is 875. The van der Waals surface area contributed by atoms with Crippen LogP contribution in [0.4, 0.5) is 0 Å². The summed E-state index contributed by atoms with van der Waals surface area (Å²) in [5.74, 6) is -0.0969. The van der Waals surface area contributed by atoms with Gasteiger partial charge in [0.1, 0.15) is 4.83 Å². The quantitative estimate of drug-likeness (QED) is 0.696. The maximum Gasteiger partial charge on any atom is 0.261 e. The second kappa shape index (κ2) is 8.83. The van der Waals surface area contributed by atoms with Crippen molar-refractivity contribution in [3.05, 3.63) is 16.6 Å². The van der Waals surface area contributed by atoms with E-state index in [1.54, 1.807) is 11.3 Å². The van der Waals surface area contributed by atoms with Crippen LogP contribution in [0.5, 0.6) is 0 Å². The number of hydrogen-bond acceptors (Lipinski definition) is 5. The number of carbonyl (C=O) groups is 2. The molecular formula is C21H31N5O2S. The second-order valence-corrected chi connectivity index (χ2v) is 9.48. The molecule has 4 N–H and O–H groups in total. The third-order valence-corrected chi connectivity index (χ3v) is 7.45. The summed E-state index contributed by atoms with van der Waals surface area (Å²) in [7, 11) is 0. The first-order chi connectivity index (χ1) is 14.0. The van der Waals surface area contributed by atoms with E-state index in [0.717, 1.165) is 46.5 Å². The van der Waals surface area contributed by atoms with E-state index in [0.29, 0.717) is 6.04 Å². The number of carbonyl (C=O) groups excluding carboxylic acids is 2. The first-order valence-electron chi connectivity index (χ1n) is 10.8. The summed E-state index contributed by atoms with van der Waals surface area (Å²) in [4.78, 5) is 26.2. The number of rotatable bonds is 5. The number of aromatic nitrogens is 2. The van der Waals surface area contributed by atoms with E-state index in [9.17, 15) is 9.59 Å². The molecule has 2 aliphatic rings. The molecule has 0 atom stereocenters. The van der Waals surface area contributed by atoms with Crippen LogP contribution in [-0.4, -0.2) is 40.2 Å². The average Bonchev–Trinajstić information content (AvgIpc) is 3.31. The van der Waals surface area contributed by atoms with Crippen LogP contribution in [0.2, 0.25) is 0 Å². The zero-order chi connectivity index (χ0) is 20.4. The highest BCUT2D eigenvalue weighted by molar-refractivity contribution is 7.20. The highest BCUT2D eigenvalue weighted by Crippen LogP contribution is 2.35. The average molecular weight is 418 g/mol. The van der Waals surface area contributed by atoms with E-state index in [1.165, 1.54) is 32.1 Å². The predicted molar refractivity (Wildman–Crippen MR) is 115 cm³/mol. The summed E-state index contributed by atoms with van der Waals surface area (Å²) in [6.45, 7) is 2.06. The van der Waals surface area contributed by atoms with Gasteiger partial charge in [-0.05, 0) is 51.5 Å². The smallest absolute Gasteiger partial charge is 0.261 e. The number of nitrogens with two attached hydrogens (primary N) is 1. The Morgan fingerprint density at radius 3 is 2.41 bits per heavy atom. The fourth-order valence-electron chi connectivity index (χ4n) is 4.68. The SMILES string of the molecule is Cc1nn(C2CCCCC2)c2sc(C(=O)NC3CCC(NC(=O)CN)CC3)cc12. The van der Waals surface area contributed by atoms with Crippen LogP contribution in [0.15, 0.2) is 6.07 Å². The number of thiophene rings is 1. The van der Waals surface area contributed by atoms with Crippen molar-refractivity contribution in [1.29, 1.82) is 0 Å². The molecule has 0 saturated heterocycles. The summed E-state index contributed by atoms with van der Waals surface area (Å²) in [6, 6.07) is 2.81. The van der Waals surface area contributed by atoms with Crippen molar-refractivity contribution < 1.29 is 9.59 Å². The Kier molecular flexibility index (Phi) is 6.20. The minimum Gasteiger partial charge on any atom is -0.352 e. The molecule has 2 aromatic rings. The predicted octanol–water partition coefficient (Wildman–Crippen LogP) is 3.03. The lowest BCUT2D eigenvalue weighted by Crippen LogP contribution is -2.45. The van der Waals surface area contributed by atoms with Gasteiger partial charge in [0.25, 0.3) is 5.91 Å². The first-order valence-corrected chi connectivity index (χ1v) is 11.7. The Balaban J connectivity index is 1.40. The maximum atomic E-state index is 12.9. The Morgan fingerprint density at radius 2 is 1.76 bits per heavy atom. The Morgan fingerprint density at radius 1 is 1.10 bits per heavy atom. The molecule has 2 saturated carbocycles. The van der Waals surface area contributed by atoms with Gasteiger partial charge in [-0.3, -0.25) is 14.3 Å². The summed E-state index contributed by atoms with van der Waals surface area (Å²) >= 11 is 1.56. The van der Waals surface area contributed by atoms with Gasteiger partial charge in [-0.1, -0.05) is 19.3 Å². The van der Waals surface area contributed by atoms with Crippen LogP contribution in [0.3, 0.4) is 0 Å². The second-order valence-electron chi connectivity index (χ2n) is 8.44. The third-order valence-electron chi connectivity index (χ3n) is 6.33. The van der Waals surface area contributed by atoms with Crippen LogP contribution < -0.4 is 16.4 Å². The molecule has 2 aromatic heterocycles.